The van der Waals surface area contributed by atoms with E-state index in [0.29, 0.717) is 12.1 Å². The third-order valence-corrected chi connectivity index (χ3v) is 5.83. The van der Waals surface area contributed by atoms with Crippen molar-refractivity contribution in [2.75, 3.05) is 26.3 Å². The molecular weight excluding hydrogens is 400 g/mol. The first kappa shape index (κ1) is 22.2. The van der Waals surface area contributed by atoms with E-state index in [2.05, 4.69) is 72.5 Å². The minimum atomic E-state index is -0.0920. The Morgan fingerprint density at radius 1 is 1.09 bits per heavy atom. The highest BCUT2D eigenvalue weighted by atomic mass is 16.5. The number of hydrogen-bond donors (Lipinski definition) is 1. The molecule has 3 aromatic rings. The van der Waals surface area contributed by atoms with E-state index in [1.165, 1.54) is 11.1 Å². The van der Waals surface area contributed by atoms with E-state index in [4.69, 9.17) is 4.74 Å². The van der Waals surface area contributed by atoms with Crippen LogP contribution < -0.4 is 5.32 Å². The molecule has 1 fully saturated rings. The summed E-state index contributed by atoms with van der Waals surface area (Å²) in [6.07, 6.45) is 1.68. The summed E-state index contributed by atoms with van der Waals surface area (Å²) in [5, 5.41) is 7.62. The maximum atomic E-state index is 13.1. The van der Waals surface area contributed by atoms with E-state index in [-0.39, 0.29) is 11.8 Å². The predicted octanol–water partition coefficient (Wildman–Crippen LogP) is 4.07. The van der Waals surface area contributed by atoms with Crippen LogP contribution in [0.5, 0.6) is 0 Å². The molecule has 1 aliphatic heterocycles. The number of carbonyl (C=O) groups is 1. The second-order valence-electron chi connectivity index (χ2n) is 8.74. The monoisotopic (exact) mass is 432 g/mol. The molecule has 1 aromatic heterocycles. The molecule has 1 N–H and O–H groups in total. The highest BCUT2D eigenvalue weighted by molar-refractivity contribution is 5.95. The Labute approximate surface area is 190 Å². The largest absolute Gasteiger partial charge is 0.379 e. The first-order valence-electron chi connectivity index (χ1n) is 11.3. The second-order valence-corrected chi connectivity index (χ2v) is 8.74. The molecule has 4 rings (SSSR count). The molecule has 1 amide bonds. The van der Waals surface area contributed by atoms with Crippen molar-refractivity contribution in [3.63, 3.8) is 0 Å². The molecule has 0 unspecified atom stereocenters. The molecule has 6 nitrogen and oxygen atoms in total. The fraction of sp³-hybridized carbons (Fsp3) is 0.385. The average Bonchev–Trinajstić information content (AvgIpc) is 3.25. The Bertz CT molecular complexity index is 1050. The van der Waals surface area contributed by atoms with Crippen LogP contribution in [0.15, 0.2) is 54.7 Å². The Balaban J connectivity index is 1.45. The maximum absolute atomic E-state index is 13.1. The molecule has 6 heteroatoms. The van der Waals surface area contributed by atoms with Gasteiger partial charge in [-0.3, -0.25) is 9.69 Å². The van der Waals surface area contributed by atoms with Gasteiger partial charge >= 0.3 is 0 Å². The minimum Gasteiger partial charge on any atom is -0.379 e. The number of amides is 1. The van der Waals surface area contributed by atoms with Gasteiger partial charge in [-0.05, 0) is 36.1 Å². The molecule has 0 atom stereocenters. The van der Waals surface area contributed by atoms with E-state index >= 15 is 0 Å². The first-order valence-corrected chi connectivity index (χ1v) is 11.3. The number of morpholine rings is 1. The molecule has 0 saturated carbocycles. The van der Waals surface area contributed by atoms with Gasteiger partial charge in [-0.15, -0.1) is 0 Å². The zero-order valence-corrected chi connectivity index (χ0v) is 19.2. The van der Waals surface area contributed by atoms with Crippen molar-refractivity contribution < 1.29 is 9.53 Å². The third kappa shape index (κ3) is 5.26. The van der Waals surface area contributed by atoms with Crippen LogP contribution in [0.4, 0.5) is 0 Å². The van der Waals surface area contributed by atoms with E-state index in [9.17, 15) is 4.79 Å². The van der Waals surface area contributed by atoms with Gasteiger partial charge in [0.05, 0.1) is 36.4 Å². The van der Waals surface area contributed by atoms with Crippen LogP contribution in [0, 0.1) is 6.92 Å². The van der Waals surface area contributed by atoms with Gasteiger partial charge in [0.1, 0.15) is 0 Å². The standard InChI is InChI=1S/C26H32N4O2/c1-19(2)25-24(17-28-30(25)23-9-7-20(3)8-10-23)26(31)27-16-21-5-4-6-22(15-21)18-29-11-13-32-14-12-29/h4-10,15,17,19H,11-14,16,18H2,1-3H3,(H,27,31). The van der Waals surface area contributed by atoms with Crippen molar-refractivity contribution in [2.24, 2.45) is 0 Å². The number of aryl methyl sites for hydroxylation is 1. The molecule has 1 saturated heterocycles. The lowest BCUT2D eigenvalue weighted by atomic mass is 10.0. The summed E-state index contributed by atoms with van der Waals surface area (Å²) in [4.78, 5) is 15.5. The van der Waals surface area contributed by atoms with E-state index in [0.717, 1.165) is 49.8 Å². The van der Waals surface area contributed by atoms with Gasteiger partial charge in [0.15, 0.2) is 0 Å². The Hall–Kier alpha value is -2.96. The lowest BCUT2D eigenvalue weighted by Crippen LogP contribution is -2.35. The third-order valence-electron chi connectivity index (χ3n) is 5.83. The number of hydrogen-bond acceptors (Lipinski definition) is 4. The van der Waals surface area contributed by atoms with Gasteiger partial charge < -0.3 is 10.1 Å². The summed E-state index contributed by atoms with van der Waals surface area (Å²) in [7, 11) is 0. The van der Waals surface area contributed by atoms with Crippen molar-refractivity contribution in [3.8, 4) is 5.69 Å². The van der Waals surface area contributed by atoms with E-state index in [1.54, 1.807) is 6.20 Å². The van der Waals surface area contributed by atoms with Crippen LogP contribution in [0.3, 0.4) is 0 Å². The summed E-state index contributed by atoms with van der Waals surface area (Å²) in [5.41, 5.74) is 6.07. The Morgan fingerprint density at radius 2 is 1.81 bits per heavy atom. The van der Waals surface area contributed by atoms with Crippen LogP contribution in [0.2, 0.25) is 0 Å². The number of nitrogens with one attached hydrogen (secondary N) is 1. The van der Waals surface area contributed by atoms with Gasteiger partial charge in [0.2, 0.25) is 0 Å². The van der Waals surface area contributed by atoms with Crippen LogP contribution in [-0.4, -0.2) is 46.9 Å². The SMILES string of the molecule is Cc1ccc(-n2ncc(C(=O)NCc3cccc(CN4CCOCC4)c3)c2C(C)C)cc1. The Kier molecular flexibility index (Phi) is 7.02. The second kappa shape index (κ2) is 10.1. The topological polar surface area (TPSA) is 59.4 Å². The molecule has 168 valence electrons. The van der Waals surface area contributed by atoms with Gasteiger partial charge in [0.25, 0.3) is 5.91 Å². The fourth-order valence-electron chi connectivity index (χ4n) is 4.11. The van der Waals surface area contributed by atoms with Crippen LogP contribution in [0.1, 0.15) is 52.5 Å². The number of aromatic nitrogens is 2. The fourth-order valence-corrected chi connectivity index (χ4v) is 4.11. The van der Waals surface area contributed by atoms with Crippen molar-refractivity contribution >= 4 is 5.91 Å². The van der Waals surface area contributed by atoms with Crippen molar-refractivity contribution in [1.29, 1.82) is 0 Å². The minimum absolute atomic E-state index is 0.0920. The molecule has 0 aliphatic carbocycles. The first-order chi connectivity index (χ1) is 15.5. The molecule has 1 aliphatic rings. The zero-order chi connectivity index (χ0) is 22.5. The number of rotatable bonds is 7. The molecule has 0 bridgehead atoms. The summed E-state index contributed by atoms with van der Waals surface area (Å²) in [6, 6.07) is 16.6. The summed E-state index contributed by atoms with van der Waals surface area (Å²) in [5.74, 6) is 0.0713. The molecule has 2 heterocycles. The molecule has 32 heavy (non-hydrogen) atoms. The average molecular weight is 433 g/mol. The number of carbonyl (C=O) groups excluding carboxylic acids is 1. The number of nitrogens with zero attached hydrogens (tertiary/aromatic N) is 3. The summed E-state index contributed by atoms with van der Waals surface area (Å²) >= 11 is 0. The maximum Gasteiger partial charge on any atom is 0.255 e. The molecule has 2 aromatic carbocycles. The van der Waals surface area contributed by atoms with Gasteiger partial charge in [-0.2, -0.15) is 5.10 Å². The lowest BCUT2D eigenvalue weighted by Gasteiger charge is -2.26. The quantitative estimate of drug-likeness (QED) is 0.612. The smallest absolute Gasteiger partial charge is 0.255 e. The van der Waals surface area contributed by atoms with E-state index < -0.39 is 0 Å². The van der Waals surface area contributed by atoms with Gasteiger partial charge in [-0.1, -0.05) is 55.8 Å². The number of benzene rings is 2. The Morgan fingerprint density at radius 3 is 2.53 bits per heavy atom. The predicted molar refractivity (Wildman–Crippen MR) is 126 cm³/mol. The van der Waals surface area contributed by atoms with Gasteiger partial charge in [0, 0.05) is 26.2 Å². The molecule has 0 radical (unpaired) electrons. The van der Waals surface area contributed by atoms with Crippen LogP contribution in [-0.2, 0) is 17.8 Å². The van der Waals surface area contributed by atoms with E-state index in [1.807, 2.05) is 16.8 Å². The van der Waals surface area contributed by atoms with Gasteiger partial charge in [-0.25, -0.2) is 4.68 Å². The van der Waals surface area contributed by atoms with Crippen molar-refractivity contribution in [2.45, 2.75) is 39.8 Å². The normalized spacial score (nSPS) is 14.6. The summed E-state index contributed by atoms with van der Waals surface area (Å²) < 4.78 is 7.31. The van der Waals surface area contributed by atoms with Crippen LogP contribution in [0.25, 0.3) is 5.69 Å². The van der Waals surface area contributed by atoms with Crippen LogP contribution >= 0.6 is 0 Å². The molecular formula is C26H32N4O2. The van der Waals surface area contributed by atoms with Crippen molar-refractivity contribution in [1.82, 2.24) is 20.0 Å². The zero-order valence-electron chi connectivity index (χ0n) is 19.2. The highest BCUT2D eigenvalue weighted by Crippen LogP contribution is 2.23. The number of ether oxygens (including phenoxy) is 1. The summed E-state index contributed by atoms with van der Waals surface area (Å²) in [6.45, 7) is 11.2. The van der Waals surface area contributed by atoms with Crippen molar-refractivity contribution in [3.05, 3.63) is 82.7 Å². The molecule has 0 spiro atoms. The lowest BCUT2D eigenvalue weighted by molar-refractivity contribution is 0.0342. The highest BCUT2D eigenvalue weighted by Gasteiger charge is 2.21.